The Morgan fingerprint density at radius 2 is 1.89 bits per heavy atom. The highest BCUT2D eigenvalue weighted by Crippen LogP contribution is 2.46. The van der Waals surface area contributed by atoms with Crippen LogP contribution in [0.4, 0.5) is 11.4 Å². The van der Waals surface area contributed by atoms with Crippen LogP contribution in [-0.4, -0.2) is 36.4 Å². The van der Waals surface area contributed by atoms with Crippen molar-refractivity contribution in [2.24, 2.45) is 0 Å². The summed E-state index contributed by atoms with van der Waals surface area (Å²) in [6, 6.07) is 13.8. The van der Waals surface area contributed by atoms with Crippen LogP contribution in [0.15, 0.2) is 48.7 Å². The van der Waals surface area contributed by atoms with Gasteiger partial charge in [-0.2, -0.15) is 0 Å². The number of ether oxygens (including phenoxy) is 1. The first-order valence-corrected chi connectivity index (χ1v) is 14.8. The molecule has 0 spiro atoms. The van der Waals surface area contributed by atoms with Crippen LogP contribution in [0.25, 0.3) is 0 Å². The van der Waals surface area contributed by atoms with Crippen LogP contribution in [0.1, 0.15) is 66.5 Å². The number of thiocarbonyl (C=S) groups is 1. The molecule has 0 radical (unpaired) electrons. The Hall–Kier alpha value is -3.11. The van der Waals surface area contributed by atoms with Gasteiger partial charge in [0.2, 0.25) is 10.0 Å². The predicted molar refractivity (Wildman–Crippen MR) is 151 cm³/mol. The molecule has 2 atom stereocenters. The molecule has 8 nitrogen and oxygen atoms in total. The van der Waals surface area contributed by atoms with Gasteiger partial charge in [0.25, 0.3) is 0 Å². The Bertz CT molecular complexity index is 1420. The molecule has 2 fully saturated rings. The number of nitrogens with zero attached hydrogens (tertiary/aromatic N) is 3. The second kappa shape index (κ2) is 9.98. The highest BCUT2D eigenvalue weighted by molar-refractivity contribution is 7.92. The maximum absolute atomic E-state index is 12.1. The largest absolute Gasteiger partial charge is 0.495 e. The minimum atomic E-state index is -3.51. The van der Waals surface area contributed by atoms with E-state index in [4.69, 9.17) is 17.0 Å². The lowest BCUT2D eigenvalue weighted by Crippen LogP contribution is -2.29. The number of hydrogen-bond acceptors (Lipinski definition) is 5. The zero-order valence-corrected chi connectivity index (χ0v) is 23.2. The molecule has 1 aromatic carbocycles. The molecule has 1 aliphatic heterocycles. The third kappa shape index (κ3) is 4.92. The third-order valence-electron chi connectivity index (χ3n) is 7.39. The molecule has 1 saturated heterocycles. The van der Waals surface area contributed by atoms with Crippen LogP contribution >= 0.6 is 12.2 Å². The fraction of sp³-hybridized carbons (Fsp3) is 0.407. The minimum Gasteiger partial charge on any atom is -0.495 e. The van der Waals surface area contributed by atoms with Gasteiger partial charge >= 0.3 is 0 Å². The molecule has 5 rings (SSSR count). The number of aryl methyl sites for hydroxylation is 1. The SMILES string of the molecule is COc1ccc(N2C(=S)N[C@H](c3ccccn3)[C@H]2c2cc(C)n(C3CCCC3)c2C)cc1NS(C)(=O)=O. The Labute approximate surface area is 224 Å². The predicted octanol–water partition coefficient (Wildman–Crippen LogP) is 5.17. The molecule has 1 saturated carbocycles. The number of nitrogens with one attached hydrogen (secondary N) is 2. The molecule has 0 amide bonds. The second-order valence-corrected chi connectivity index (χ2v) is 12.0. The van der Waals surface area contributed by atoms with Gasteiger partial charge in [-0.15, -0.1) is 0 Å². The molecule has 0 unspecified atom stereocenters. The van der Waals surface area contributed by atoms with E-state index in [1.54, 1.807) is 18.3 Å². The van der Waals surface area contributed by atoms with E-state index >= 15 is 0 Å². The topological polar surface area (TPSA) is 88.5 Å². The van der Waals surface area contributed by atoms with Crippen molar-refractivity contribution in [3.63, 3.8) is 0 Å². The Balaban J connectivity index is 1.65. The second-order valence-electron chi connectivity index (χ2n) is 9.89. The van der Waals surface area contributed by atoms with Gasteiger partial charge < -0.3 is 19.5 Å². The van der Waals surface area contributed by atoms with E-state index in [1.165, 1.54) is 49.7 Å². The zero-order valence-electron chi connectivity index (χ0n) is 21.6. The first kappa shape index (κ1) is 25.5. The number of pyridine rings is 1. The zero-order chi connectivity index (χ0) is 26.3. The fourth-order valence-electron chi connectivity index (χ4n) is 5.90. The number of hydrogen-bond donors (Lipinski definition) is 2. The Kier molecular flexibility index (Phi) is 6.89. The van der Waals surface area contributed by atoms with E-state index in [9.17, 15) is 8.42 Å². The van der Waals surface area contributed by atoms with E-state index in [0.29, 0.717) is 22.6 Å². The molecule has 1 aliphatic carbocycles. The van der Waals surface area contributed by atoms with Crippen molar-refractivity contribution in [1.29, 1.82) is 0 Å². The molecule has 196 valence electrons. The summed E-state index contributed by atoms with van der Waals surface area (Å²) in [5, 5.41) is 4.06. The van der Waals surface area contributed by atoms with E-state index < -0.39 is 10.0 Å². The van der Waals surface area contributed by atoms with E-state index in [2.05, 4.69) is 44.4 Å². The standard InChI is InChI=1S/C27H33N5O3S2/c1-17-15-21(18(2)31(17)19-9-5-6-10-19)26-25(22-11-7-8-14-28-22)29-27(36)32(26)20-12-13-24(35-3)23(16-20)30-37(4,33)34/h7-8,11-16,19,25-26,30H,5-6,9-10H2,1-4H3,(H,29,36)/t25-,26-/m1/s1. The van der Waals surface area contributed by atoms with Crippen LogP contribution in [0, 0.1) is 13.8 Å². The number of benzene rings is 1. The Morgan fingerprint density at radius 3 is 2.54 bits per heavy atom. The summed E-state index contributed by atoms with van der Waals surface area (Å²) < 4.78 is 34.6. The normalized spacial score (nSPS) is 20.3. The van der Waals surface area contributed by atoms with Gasteiger partial charge in [0.05, 0.1) is 36.8 Å². The van der Waals surface area contributed by atoms with Crippen molar-refractivity contribution in [2.45, 2.75) is 57.7 Å². The average molecular weight is 540 g/mol. The lowest BCUT2D eigenvalue weighted by atomic mass is 9.96. The fourth-order valence-corrected chi connectivity index (χ4v) is 6.81. The van der Waals surface area contributed by atoms with Crippen LogP contribution < -0.4 is 19.7 Å². The molecule has 3 heterocycles. The van der Waals surface area contributed by atoms with Crippen LogP contribution in [0.5, 0.6) is 5.75 Å². The van der Waals surface area contributed by atoms with Crippen molar-refractivity contribution in [2.75, 3.05) is 23.0 Å². The average Bonchev–Trinajstić information content (AvgIpc) is 3.56. The van der Waals surface area contributed by atoms with Crippen molar-refractivity contribution >= 4 is 38.7 Å². The van der Waals surface area contributed by atoms with E-state index in [1.807, 2.05) is 24.3 Å². The molecule has 2 aliphatic rings. The molecule has 2 N–H and O–H groups in total. The molecule has 0 bridgehead atoms. The first-order chi connectivity index (χ1) is 17.7. The van der Waals surface area contributed by atoms with Gasteiger partial charge in [0.15, 0.2) is 5.11 Å². The number of aromatic nitrogens is 2. The van der Waals surface area contributed by atoms with E-state index in [0.717, 1.165) is 17.6 Å². The summed E-state index contributed by atoms with van der Waals surface area (Å²) in [7, 11) is -2.00. The van der Waals surface area contributed by atoms with Crippen LogP contribution in [0.2, 0.25) is 0 Å². The van der Waals surface area contributed by atoms with Gasteiger partial charge in [0.1, 0.15) is 5.75 Å². The monoisotopic (exact) mass is 539 g/mol. The number of rotatable bonds is 7. The molecule has 3 aromatic rings. The van der Waals surface area contributed by atoms with Crippen molar-refractivity contribution < 1.29 is 13.2 Å². The maximum atomic E-state index is 12.1. The highest BCUT2D eigenvalue weighted by atomic mass is 32.2. The number of methoxy groups -OCH3 is 1. The third-order valence-corrected chi connectivity index (χ3v) is 8.29. The van der Waals surface area contributed by atoms with Crippen LogP contribution in [0.3, 0.4) is 0 Å². The number of anilines is 2. The Morgan fingerprint density at radius 1 is 1.14 bits per heavy atom. The summed E-state index contributed by atoms with van der Waals surface area (Å²) >= 11 is 5.89. The molecule has 37 heavy (non-hydrogen) atoms. The first-order valence-electron chi connectivity index (χ1n) is 12.5. The van der Waals surface area contributed by atoms with Gasteiger partial charge in [-0.25, -0.2) is 8.42 Å². The lowest BCUT2D eigenvalue weighted by Gasteiger charge is -2.29. The molecular formula is C27H33N5O3S2. The van der Waals surface area contributed by atoms with Gasteiger partial charge in [-0.1, -0.05) is 18.9 Å². The summed E-state index contributed by atoms with van der Waals surface area (Å²) in [4.78, 5) is 6.73. The van der Waals surface area contributed by atoms with Gasteiger partial charge in [-0.05, 0) is 80.9 Å². The summed E-state index contributed by atoms with van der Waals surface area (Å²) in [5.41, 5.74) is 5.67. The summed E-state index contributed by atoms with van der Waals surface area (Å²) in [5.74, 6) is 0.435. The van der Waals surface area contributed by atoms with Crippen molar-refractivity contribution in [1.82, 2.24) is 14.9 Å². The maximum Gasteiger partial charge on any atom is 0.229 e. The highest BCUT2D eigenvalue weighted by Gasteiger charge is 2.42. The summed E-state index contributed by atoms with van der Waals surface area (Å²) in [6.07, 6.45) is 7.84. The minimum absolute atomic E-state index is 0.178. The molecule has 2 aromatic heterocycles. The smallest absolute Gasteiger partial charge is 0.229 e. The van der Waals surface area contributed by atoms with Crippen molar-refractivity contribution in [3.8, 4) is 5.75 Å². The molecule has 10 heteroatoms. The van der Waals surface area contributed by atoms with Gasteiger partial charge in [-0.3, -0.25) is 9.71 Å². The van der Waals surface area contributed by atoms with Gasteiger partial charge in [0, 0.05) is 29.3 Å². The van der Waals surface area contributed by atoms with Crippen LogP contribution in [-0.2, 0) is 10.0 Å². The quantitative estimate of drug-likeness (QED) is 0.400. The van der Waals surface area contributed by atoms with Crippen molar-refractivity contribution in [3.05, 3.63) is 71.3 Å². The molecular weight excluding hydrogens is 506 g/mol. The number of sulfonamides is 1. The van der Waals surface area contributed by atoms with E-state index in [-0.39, 0.29) is 12.1 Å². The lowest BCUT2D eigenvalue weighted by molar-refractivity contribution is 0.417. The summed E-state index contributed by atoms with van der Waals surface area (Å²) in [6.45, 7) is 4.37.